The van der Waals surface area contributed by atoms with Gasteiger partial charge in [0.15, 0.2) is 0 Å². The number of aromatic nitrogens is 4. The highest BCUT2D eigenvalue weighted by Crippen LogP contribution is 2.28. The van der Waals surface area contributed by atoms with E-state index >= 15 is 0 Å². The molecule has 6 nitrogen and oxygen atoms in total. The zero-order valence-corrected chi connectivity index (χ0v) is 13.7. The van der Waals surface area contributed by atoms with Gasteiger partial charge in [0.05, 0.1) is 16.2 Å². The van der Waals surface area contributed by atoms with Crippen LogP contribution in [0.3, 0.4) is 0 Å². The van der Waals surface area contributed by atoms with E-state index in [-0.39, 0.29) is 11.5 Å². The summed E-state index contributed by atoms with van der Waals surface area (Å²) in [5.74, 6) is 1.12. The quantitative estimate of drug-likeness (QED) is 0.492. The fourth-order valence-electron chi connectivity index (χ4n) is 1.95. The molecule has 0 saturated carbocycles. The average Bonchev–Trinajstić information content (AvgIpc) is 3.34. The van der Waals surface area contributed by atoms with E-state index in [1.165, 1.54) is 29.2 Å². The van der Waals surface area contributed by atoms with Gasteiger partial charge in [0.2, 0.25) is 11.7 Å². The third kappa shape index (κ3) is 3.08. The molecule has 24 heavy (non-hydrogen) atoms. The van der Waals surface area contributed by atoms with Crippen LogP contribution in [0, 0.1) is 5.82 Å². The van der Waals surface area contributed by atoms with Crippen LogP contribution in [0.15, 0.2) is 55.9 Å². The highest BCUT2D eigenvalue weighted by molar-refractivity contribution is 7.98. The summed E-state index contributed by atoms with van der Waals surface area (Å²) in [6, 6.07) is 10.1. The number of thiophene rings is 1. The van der Waals surface area contributed by atoms with Crippen molar-refractivity contribution in [2.75, 3.05) is 0 Å². The van der Waals surface area contributed by atoms with Crippen LogP contribution in [0.25, 0.3) is 22.2 Å². The summed E-state index contributed by atoms with van der Waals surface area (Å²) in [4.78, 5) is 5.25. The molecule has 9 heteroatoms. The number of hydrogen-bond acceptors (Lipinski definition) is 8. The van der Waals surface area contributed by atoms with E-state index in [0.29, 0.717) is 22.7 Å². The number of rotatable bonds is 5. The van der Waals surface area contributed by atoms with Gasteiger partial charge in [-0.2, -0.15) is 4.98 Å². The summed E-state index contributed by atoms with van der Waals surface area (Å²) in [5, 5.41) is 13.9. The van der Waals surface area contributed by atoms with Crippen molar-refractivity contribution in [2.24, 2.45) is 0 Å². The normalized spacial score (nSPS) is 11.0. The molecule has 0 aliphatic rings. The summed E-state index contributed by atoms with van der Waals surface area (Å²) >= 11 is 2.79. The van der Waals surface area contributed by atoms with E-state index in [2.05, 4.69) is 20.3 Å². The molecule has 3 aromatic heterocycles. The summed E-state index contributed by atoms with van der Waals surface area (Å²) < 4.78 is 24.4. The van der Waals surface area contributed by atoms with Gasteiger partial charge in [-0.1, -0.05) is 35.1 Å². The Morgan fingerprint density at radius 3 is 2.88 bits per heavy atom. The second-order valence-electron chi connectivity index (χ2n) is 4.63. The molecule has 3 heterocycles. The summed E-state index contributed by atoms with van der Waals surface area (Å²) in [7, 11) is 0. The molecule has 120 valence electrons. The van der Waals surface area contributed by atoms with Gasteiger partial charge < -0.3 is 8.94 Å². The summed E-state index contributed by atoms with van der Waals surface area (Å²) in [6.45, 7) is 0. The van der Waals surface area contributed by atoms with Crippen LogP contribution in [-0.4, -0.2) is 20.3 Å². The molecule has 0 bridgehead atoms. The van der Waals surface area contributed by atoms with Gasteiger partial charge in [0.25, 0.3) is 11.1 Å². The van der Waals surface area contributed by atoms with Crippen LogP contribution in [-0.2, 0) is 5.75 Å². The first-order chi connectivity index (χ1) is 11.8. The third-order valence-electron chi connectivity index (χ3n) is 3.04. The van der Waals surface area contributed by atoms with E-state index in [1.807, 2.05) is 17.5 Å². The Bertz CT molecular complexity index is 952. The first-order valence-corrected chi connectivity index (χ1v) is 8.74. The Kier molecular flexibility index (Phi) is 4.09. The number of benzene rings is 1. The molecule has 0 amide bonds. The number of thioether (sulfide) groups is 1. The molecule has 0 radical (unpaired) electrons. The predicted octanol–water partition coefficient (Wildman–Crippen LogP) is 4.28. The highest BCUT2D eigenvalue weighted by Gasteiger charge is 2.15. The van der Waals surface area contributed by atoms with E-state index in [9.17, 15) is 4.39 Å². The Labute approximate surface area is 143 Å². The summed E-state index contributed by atoms with van der Waals surface area (Å²) in [5.41, 5.74) is 0.273. The highest BCUT2D eigenvalue weighted by atomic mass is 32.2. The topological polar surface area (TPSA) is 77.8 Å². The van der Waals surface area contributed by atoms with Crippen LogP contribution in [0.4, 0.5) is 4.39 Å². The van der Waals surface area contributed by atoms with Gasteiger partial charge >= 0.3 is 0 Å². The standard InChI is InChI=1S/C15H9FN4O2S2/c16-10-5-2-1-4-9(10)14-18-19-15(21-14)24-8-12-17-13(20-22-12)11-6-3-7-23-11/h1-7H,8H2. The fourth-order valence-corrected chi connectivity index (χ4v) is 3.20. The van der Waals surface area contributed by atoms with Crippen molar-refractivity contribution in [3.05, 3.63) is 53.5 Å². The van der Waals surface area contributed by atoms with Crippen LogP contribution >= 0.6 is 23.1 Å². The molecule has 4 aromatic rings. The van der Waals surface area contributed by atoms with Crippen molar-refractivity contribution in [2.45, 2.75) is 11.0 Å². The fraction of sp³-hybridized carbons (Fsp3) is 0.0667. The van der Waals surface area contributed by atoms with Crippen molar-refractivity contribution in [1.29, 1.82) is 0 Å². The molecule has 0 N–H and O–H groups in total. The summed E-state index contributed by atoms with van der Waals surface area (Å²) in [6.07, 6.45) is 0. The maximum Gasteiger partial charge on any atom is 0.277 e. The molecule has 4 rings (SSSR count). The SMILES string of the molecule is Fc1ccccc1-c1nnc(SCc2nc(-c3cccs3)no2)o1. The van der Waals surface area contributed by atoms with Gasteiger partial charge in [-0.05, 0) is 23.6 Å². The van der Waals surface area contributed by atoms with Gasteiger partial charge in [-0.25, -0.2) is 4.39 Å². The van der Waals surface area contributed by atoms with E-state index in [0.717, 1.165) is 4.88 Å². The second-order valence-corrected chi connectivity index (χ2v) is 6.50. The minimum absolute atomic E-state index is 0.139. The average molecular weight is 360 g/mol. The smallest absolute Gasteiger partial charge is 0.277 e. The van der Waals surface area contributed by atoms with Crippen molar-refractivity contribution in [1.82, 2.24) is 20.3 Å². The zero-order chi connectivity index (χ0) is 16.4. The molecule has 0 fully saturated rings. The molecule has 0 aliphatic carbocycles. The Morgan fingerprint density at radius 1 is 1.12 bits per heavy atom. The van der Waals surface area contributed by atoms with Crippen molar-refractivity contribution < 1.29 is 13.3 Å². The van der Waals surface area contributed by atoms with E-state index < -0.39 is 5.82 Å². The lowest BCUT2D eigenvalue weighted by Gasteiger charge is -1.95. The van der Waals surface area contributed by atoms with Crippen molar-refractivity contribution in [3.63, 3.8) is 0 Å². The van der Waals surface area contributed by atoms with Gasteiger partial charge in [-0.3, -0.25) is 0 Å². The van der Waals surface area contributed by atoms with Crippen LogP contribution in [0.5, 0.6) is 0 Å². The molecule has 0 aliphatic heterocycles. The van der Waals surface area contributed by atoms with Crippen LogP contribution in [0.2, 0.25) is 0 Å². The largest absolute Gasteiger partial charge is 0.411 e. The lowest BCUT2D eigenvalue weighted by atomic mass is 10.2. The Balaban J connectivity index is 1.45. The maximum absolute atomic E-state index is 13.7. The molecule has 0 saturated heterocycles. The van der Waals surface area contributed by atoms with Crippen molar-refractivity contribution >= 4 is 23.1 Å². The van der Waals surface area contributed by atoms with Gasteiger partial charge in [0, 0.05) is 0 Å². The monoisotopic (exact) mass is 360 g/mol. The predicted molar refractivity (Wildman–Crippen MR) is 86.9 cm³/mol. The first-order valence-electron chi connectivity index (χ1n) is 6.87. The van der Waals surface area contributed by atoms with Gasteiger partial charge in [-0.15, -0.1) is 21.5 Å². The molecular weight excluding hydrogens is 351 g/mol. The lowest BCUT2D eigenvalue weighted by Crippen LogP contribution is -1.82. The van der Waals surface area contributed by atoms with Crippen LogP contribution < -0.4 is 0 Å². The number of nitrogens with zero attached hydrogens (tertiary/aromatic N) is 4. The molecule has 0 spiro atoms. The second kappa shape index (κ2) is 6.54. The van der Waals surface area contributed by atoms with Crippen molar-refractivity contribution in [3.8, 4) is 22.2 Å². The molecule has 0 unspecified atom stereocenters. The molecule has 1 aromatic carbocycles. The minimum atomic E-state index is -0.407. The van der Waals surface area contributed by atoms with E-state index in [1.54, 1.807) is 18.2 Å². The molecule has 0 atom stereocenters. The minimum Gasteiger partial charge on any atom is -0.411 e. The maximum atomic E-state index is 13.7. The molecular formula is C15H9FN4O2S2. The first kappa shape index (κ1) is 15.0. The van der Waals surface area contributed by atoms with Gasteiger partial charge in [0.1, 0.15) is 5.82 Å². The number of halogens is 1. The van der Waals surface area contributed by atoms with Crippen LogP contribution in [0.1, 0.15) is 5.89 Å². The Hall–Kier alpha value is -2.52. The third-order valence-corrected chi connectivity index (χ3v) is 4.71. The zero-order valence-electron chi connectivity index (χ0n) is 12.0. The van der Waals surface area contributed by atoms with E-state index in [4.69, 9.17) is 8.94 Å². The Morgan fingerprint density at radius 2 is 2.04 bits per heavy atom. The number of hydrogen-bond donors (Lipinski definition) is 0. The lowest BCUT2D eigenvalue weighted by molar-refractivity contribution is 0.391.